The molecule has 1 aromatic rings. The first-order valence-corrected chi connectivity index (χ1v) is 7.90. The largest absolute Gasteiger partial charge is 0.491 e. The van der Waals surface area contributed by atoms with Gasteiger partial charge in [0.25, 0.3) is 0 Å². The minimum absolute atomic E-state index is 0.0715. The van der Waals surface area contributed by atoms with Crippen molar-refractivity contribution in [2.24, 2.45) is 5.73 Å². The van der Waals surface area contributed by atoms with E-state index in [1.54, 1.807) is 0 Å². The Morgan fingerprint density at radius 3 is 2.48 bits per heavy atom. The van der Waals surface area contributed by atoms with Crippen LogP contribution in [0.1, 0.15) is 52.4 Å². The van der Waals surface area contributed by atoms with Crippen molar-refractivity contribution in [3.8, 4) is 5.75 Å². The number of rotatable bonds is 5. The molecule has 116 valence electrons. The summed E-state index contributed by atoms with van der Waals surface area (Å²) in [5.41, 5.74) is 6.29. The monoisotopic (exact) mass is 290 g/mol. The Labute approximate surface area is 127 Å². The molecule has 21 heavy (non-hydrogen) atoms. The Bertz CT molecular complexity index is 464. The highest BCUT2D eigenvalue weighted by Gasteiger charge is 2.35. The number of amides is 1. The predicted molar refractivity (Wildman–Crippen MR) is 85.5 cm³/mol. The zero-order valence-corrected chi connectivity index (χ0v) is 13.0. The second-order valence-electron chi connectivity index (χ2n) is 6.03. The zero-order chi connectivity index (χ0) is 15.3. The molecule has 0 spiro atoms. The molecule has 1 aliphatic rings. The smallest absolute Gasteiger partial charge is 0.244 e. The van der Waals surface area contributed by atoms with Gasteiger partial charge in [-0.25, -0.2) is 0 Å². The molecule has 1 amide bonds. The highest BCUT2D eigenvalue weighted by Crippen LogP contribution is 2.27. The second-order valence-corrected chi connectivity index (χ2v) is 6.03. The van der Waals surface area contributed by atoms with Crippen LogP contribution in [0.3, 0.4) is 0 Å². The Morgan fingerprint density at radius 1 is 1.29 bits per heavy atom. The fraction of sp³-hybridized carbons (Fsp3) is 0.588. The first-order chi connectivity index (χ1) is 10.0. The van der Waals surface area contributed by atoms with Gasteiger partial charge < -0.3 is 15.8 Å². The third-order valence-corrected chi connectivity index (χ3v) is 4.22. The van der Waals surface area contributed by atoms with Crippen LogP contribution in [0.25, 0.3) is 0 Å². The number of hydrogen-bond acceptors (Lipinski definition) is 3. The highest BCUT2D eigenvalue weighted by atomic mass is 16.5. The van der Waals surface area contributed by atoms with Gasteiger partial charge in [0.15, 0.2) is 0 Å². The predicted octanol–water partition coefficient (Wildman–Crippen LogP) is 3.46. The molecule has 0 bridgehead atoms. The second kappa shape index (κ2) is 6.94. The minimum atomic E-state index is -0.704. The lowest BCUT2D eigenvalue weighted by Crippen LogP contribution is -2.52. The number of nitrogens with one attached hydrogen (secondary N) is 1. The van der Waals surface area contributed by atoms with Crippen molar-refractivity contribution < 1.29 is 9.53 Å². The van der Waals surface area contributed by atoms with Crippen molar-refractivity contribution in [2.45, 2.75) is 64.0 Å². The third-order valence-electron chi connectivity index (χ3n) is 4.22. The van der Waals surface area contributed by atoms with Crippen LogP contribution in [0, 0.1) is 0 Å². The number of benzene rings is 1. The molecule has 1 saturated carbocycles. The topological polar surface area (TPSA) is 64.3 Å². The standard InChI is InChI=1S/C17H26N2O2/c1-3-13(2)21-15-9-7-14(8-10-15)19-16(20)17(18)11-5-4-6-12-17/h7-10,13H,3-6,11-12,18H2,1-2H3,(H,19,20). The van der Waals surface area contributed by atoms with E-state index in [0.29, 0.717) is 0 Å². The number of ether oxygens (including phenoxy) is 1. The van der Waals surface area contributed by atoms with E-state index in [1.165, 1.54) is 6.42 Å². The van der Waals surface area contributed by atoms with Gasteiger partial charge >= 0.3 is 0 Å². The Hall–Kier alpha value is -1.55. The lowest BCUT2D eigenvalue weighted by Gasteiger charge is -2.31. The van der Waals surface area contributed by atoms with E-state index in [1.807, 2.05) is 31.2 Å². The van der Waals surface area contributed by atoms with E-state index < -0.39 is 5.54 Å². The fourth-order valence-electron chi connectivity index (χ4n) is 2.60. The molecule has 1 fully saturated rings. The molecule has 0 heterocycles. The van der Waals surface area contributed by atoms with E-state index >= 15 is 0 Å². The Balaban J connectivity index is 1.95. The molecular formula is C17H26N2O2. The molecule has 4 nitrogen and oxygen atoms in total. The van der Waals surface area contributed by atoms with Crippen LogP contribution in [0.5, 0.6) is 5.75 Å². The third kappa shape index (κ3) is 4.21. The van der Waals surface area contributed by atoms with Gasteiger partial charge in [-0.2, -0.15) is 0 Å². The summed E-state index contributed by atoms with van der Waals surface area (Å²) in [6.45, 7) is 4.13. The number of hydrogen-bond donors (Lipinski definition) is 2. The molecule has 1 aromatic carbocycles. The Kier molecular flexibility index (Phi) is 5.23. The molecule has 1 atom stereocenters. The van der Waals surface area contributed by atoms with Crippen LogP contribution in [-0.2, 0) is 4.79 Å². The van der Waals surface area contributed by atoms with Crippen molar-refractivity contribution in [3.63, 3.8) is 0 Å². The number of carbonyl (C=O) groups excluding carboxylic acids is 1. The van der Waals surface area contributed by atoms with E-state index in [4.69, 9.17) is 10.5 Å². The van der Waals surface area contributed by atoms with Crippen molar-refractivity contribution in [2.75, 3.05) is 5.32 Å². The van der Waals surface area contributed by atoms with E-state index in [0.717, 1.165) is 43.5 Å². The van der Waals surface area contributed by atoms with Gasteiger partial charge in [0.2, 0.25) is 5.91 Å². The summed E-state index contributed by atoms with van der Waals surface area (Å²) in [6, 6.07) is 7.49. The maximum atomic E-state index is 12.3. The summed E-state index contributed by atoms with van der Waals surface area (Å²) < 4.78 is 5.72. The maximum Gasteiger partial charge on any atom is 0.244 e. The van der Waals surface area contributed by atoms with E-state index in [9.17, 15) is 4.79 Å². The molecule has 1 unspecified atom stereocenters. The van der Waals surface area contributed by atoms with Crippen molar-refractivity contribution in [1.29, 1.82) is 0 Å². The van der Waals surface area contributed by atoms with Gasteiger partial charge in [-0.3, -0.25) is 4.79 Å². The molecule has 0 aliphatic heterocycles. The molecule has 0 saturated heterocycles. The van der Waals surface area contributed by atoms with Gasteiger partial charge in [0.05, 0.1) is 11.6 Å². The van der Waals surface area contributed by atoms with Crippen LogP contribution >= 0.6 is 0 Å². The quantitative estimate of drug-likeness (QED) is 0.872. The van der Waals surface area contributed by atoms with Gasteiger partial charge in [-0.1, -0.05) is 26.2 Å². The normalized spacial score (nSPS) is 18.8. The number of nitrogens with two attached hydrogens (primary N) is 1. The Morgan fingerprint density at radius 2 is 1.90 bits per heavy atom. The first kappa shape index (κ1) is 15.8. The van der Waals surface area contributed by atoms with Crippen molar-refractivity contribution >= 4 is 11.6 Å². The van der Waals surface area contributed by atoms with Crippen LogP contribution < -0.4 is 15.8 Å². The summed E-state index contributed by atoms with van der Waals surface area (Å²) in [5.74, 6) is 0.750. The maximum absolute atomic E-state index is 12.3. The molecule has 4 heteroatoms. The van der Waals surface area contributed by atoms with Gasteiger partial charge in [-0.05, 0) is 50.5 Å². The molecule has 0 radical (unpaired) electrons. The first-order valence-electron chi connectivity index (χ1n) is 7.90. The molecule has 1 aliphatic carbocycles. The fourth-order valence-corrected chi connectivity index (χ4v) is 2.60. The van der Waals surface area contributed by atoms with Crippen LogP contribution in [0.2, 0.25) is 0 Å². The lowest BCUT2D eigenvalue weighted by molar-refractivity contribution is -0.122. The van der Waals surface area contributed by atoms with Gasteiger partial charge in [0.1, 0.15) is 5.75 Å². The van der Waals surface area contributed by atoms with E-state index in [-0.39, 0.29) is 12.0 Å². The summed E-state index contributed by atoms with van der Waals surface area (Å²) in [6.07, 6.45) is 5.95. The van der Waals surface area contributed by atoms with Crippen molar-refractivity contribution in [1.82, 2.24) is 0 Å². The van der Waals surface area contributed by atoms with Gasteiger partial charge in [-0.15, -0.1) is 0 Å². The SMILES string of the molecule is CCC(C)Oc1ccc(NC(=O)C2(N)CCCCC2)cc1. The van der Waals surface area contributed by atoms with Crippen molar-refractivity contribution in [3.05, 3.63) is 24.3 Å². The number of carbonyl (C=O) groups is 1. The average molecular weight is 290 g/mol. The molecule has 0 aromatic heterocycles. The summed E-state index contributed by atoms with van der Waals surface area (Å²) in [4.78, 5) is 12.3. The van der Waals surface area contributed by atoms with Crippen LogP contribution in [0.15, 0.2) is 24.3 Å². The van der Waals surface area contributed by atoms with Crippen LogP contribution in [-0.4, -0.2) is 17.6 Å². The molecular weight excluding hydrogens is 264 g/mol. The lowest BCUT2D eigenvalue weighted by atomic mass is 9.82. The molecule has 2 rings (SSSR count). The zero-order valence-electron chi connectivity index (χ0n) is 13.0. The summed E-state index contributed by atoms with van der Waals surface area (Å²) in [5, 5.41) is 2.93. The highest BCUT2D eigenvalue weighted by molar-refractivity contribution is 5.98. The van der Waals surface area contributed by atoms with Gasteiger partial charge in [0, 0.05) is 5.69 Å². The molecule has 3 N–H and O–H groups in total. The number of anilines is 1. The summed E-state index contributed by atoms with van der Waals surface area (Å²) in [7, 11) is 0. The van der Waals surface area contributed by atoms with E-state index in [2.05, 4.69) is 12.2 Å². The average Bonchev–Trinajstić information content (AvgIpc) is 2.50. The minimum Gasteiger partial charge on any atom is -0.491 e. The van der Waals surface area contributed by atoms with Crippen LogP contribution in [0.4, 0.5) is 5.69 Å². The summed E-state index contributed by atoms with van der Waals surface area (Å²) >= 11 is 0.